The number of hydrogen-bond donors (Lipinski definition) is 1. The van der Waals surface area contributed by atoms with E-state index in [1.807, 2.05) is 13.0 Å². The summed E-state index contributed by atoms with van der Waals surface area (Å²) in [5.41, 5.74) is 4.88. The van der Waals surface area contributed by atoms with Gasteiger partial charge in [0.05, 0.1) is 5.52 Å². The largest absolute Gasteiger partial charge is 0.351 e. The quantitative estimate of drug-likeness (QED) is 0.727. The first-order valence-electron chi connectivity index (χ1n) is 7.81. The lowest BCUT2D eigenvalue weighted by atomic mass is 10.0. The van der Waals surface area contributed by atoms with E-state index in [-0.39, 0.29) is 11.7 Å². The van der Waals surface area contributed by atoms with Gasteiger partial charge in [0.1, 0.15) is 11.5 Å². The van der Waals surface area contributed by atoms with E-state index in [0.717, 1.165) is 40.6 Å². The van der Waals surface area contributed by atoms with Crippen molar-refractivity contribution in [2.75, 3.05) is 6.54 Å². The van der Waals surface area contributed by atoms with E-state index in [1.54, 1.807) is 12.1 Å². The molecule has 0 spiro atoms. The molecule has 0 atom stereocenters. The van der Waals surface area contributed by atoms with Gasteiger partial charge in [-0.15, -0.1) is 0 Å². The van der Waals surface area contributed by atoms with E-state index in [0.29, 0.717) is 12.2 Å². The number of hydrogen-bond acceptors (Lipinski definition) is 1. The lowest BCUT2D eigenvalue weighted by Crippen LogP contribution is -2.22. The summed E-state index contributed by atoms with van der Waals surface area (Å²) in [6, 6.07) is 12.7. The first-order valence-corrected chi connectivity index (χ1v) is 7.81. The van der Waals surface area contributed by atoms with Gasteiger partial charge in [0.2, 0.25) is 0 Å². The maximum absolute atomic E-state index is 13.3. The molecule has 1 N–H and O–H groups in total. The number of carbonyl (C=O) groups is 1. The van der Waals surface area contributed by atoms with Crippen LogP contribution in [0.3, 0.4) is 0 Å². The van der Waals surface area contributed by atoms with Crippen molar-refractivity contribution in [3.63, 3.8) is 0 Å². The third-order valence-electron chi connectivity index (χ3n) is 4.37. The van der Waals surface area contributed by atoms with Crippen molar-refractivity contribution in [1.29, 1.82) is 0 Å². The van der Waals surface area contributed by atoms with Crippen LogP contribution in [0.2, 0.25) is 0 Å². The highest BCUT2D eigenvalue weighted by atomic mass is 19.1. The van der Waals surface area contributed by atoms with Crippen LogP contribution in [0.25, 0.3) is 22.0 Å². The van der Waals surface area contributed by atoms with Gasteiger partial charge in [0.25, 0.3) is 5.91 Å². The van der Waals surface area contributed by atoms with Gasteiger partial charge in [-0.3, -0.25) is 4.79 Å². The second-order valence-corrected chi connectivity index (χ2v) is 6.05. The molecule has 0 radical (unpaired) electrons. The Hall–Kier alpha value is -2.62. The molecule has 23 heavy (non-hydrogen) atoms. The van der Waals surface area contributed by atoms with Crippen molar-refractivity contribution >= 4 is 16.8 Å². The molecular formula is C19H17FN2O. The highest BCUT2D eigenvalue weighted by Crippen LogP contribution is 2.33. The molecule has 1 aromatic heterocycles. The van der Waals surface area contributed by atoms with Gasteiger partial charge in [-0.2, -0.15) is 0 Å². The number of fused-ring (bicyclic) bond motifs is 3. The first kappa shape index (κ1) is 14.0. The fourth-order valence-corrected chi connectivity index (χ4v) is 3.36. The maximum atomic E-state index is 13.3. The highest BCUT2D eigenvalue weighted by molar-refractivity contribution is 6.03. The summed E-state index contributed by atoms with van der Waals surface area (Å²) >= 11 is 0. The number of rotatable bonds is 1. The van der Waals surface area contributed by atoms with Crippen LogP contribution in [0.4, 0.5) is 4.39 Å². The van der Waals surface area contributed by atoms with Gasteiger partial charge in [0, 0.05) is 24.0 Å². The van der Waals surface area contributed by atoms with Crippen molar-refractivity contribution in [2.45, 2.75) is 19.9 Å². The number of nitrogens with zero attached hydrogens (tertiary/aromatic N) is 1. The summed E-state index contributed by atoms with van der Waals surface area (Å²) in [6.07, 6.45) is 0.902. The molecule has 1 aliphatic rings. The summed E-state index contributed by atoms with van der Waals surface area (Å²) in [6.45, 7) is 3.53. The molecular weight excluding hydrogens is 291 g/mol. The lowest BCUT2D eigenvalue weighted by Gasteiger charge is -2.11. The smallest absolute Gasteiger partial charge is 0.267 e. The predicted octanol–water partition coefficient (Wildman–Crippen LogP) is 3.89. The Morgan fingerprint density at radius 1 is 1.13 bits per heavy atom. The molecule has 4 heteroatoms. The predicted molar refractivity (Wildman–Crippen MR) is 89.0 cm³/mol. The van der Waals surface area contributed by atoms with Crippen LogP contribution in [0.1, 0.15) is 22.5 Å². The number of nitrogens with one attached hydrogen (secondary N) is 1. The molecule has 0 saturated heterocycles. The van der Waals surface area contributed by atoms with Crippen molar-refractivity contribution in [3.8, 4) is 11.1 Å². The minimum Gasteiger partial charge on any atom is -0.351 e. The van der Waals surface area contributed by atoms with E-state index < -0.39 is 0 Å². The maximum Gasteiger partial charge on any atom is 0.267 e. The van der Waals surface area contributed by atoms with Gasteiger partial charge in [-0.1, -0.05) is 12.1 Å². The lowest BCUT2D eigenvalue weighted by molar-refractivity contribution is 0.0951. The van der Waals surface area contributed by atoms with Gasteiger partial charge in [-0.25, -0.2) is 4.39 Å². The van der Waals surface area contributed by atoms with Crippen molar-refractivity contribution < 1.29 is 9.18 Å². The highest BCUT2D eigenvalue weighted by Gasteiger charge is 2.20. The topological polar surface area (TPSA) is 34.0 Å². The monoisotopic (exact) mass is 308 g/mol. The zero-order valence-electron chi connectivity index (χ0n) is 12.9. The molecule has 1 amide bonds. The Morgan fingerprint density at radius 2 is 1.91 bits per heavy atom. The molecule has 0 unspecified atom stereocenters. The molecule has 4 rings (SSSR count). The molecule has 116 valence electrons. The van der Waals surface area contributed by atoms with Gasteiger partial charge in [0.15, 0.2) is 0 Å². The van der Waals surface area contributed by atoms with Gasteiger partial charge < -0.3 is 9.88 Å². The number of aromatic nitrogens is 1. The third kappa shape index (κ3) is 2.31. The Morgan fingerprint density at radius 3 is 2.70 bits per heavy atom. The van der Waals surface area contributed by atoms with Crippen LogP contribution in [-0.2, 0) is 6.54 Å². The molecule has 1 aliphatic heterocycles. The Labute approximate surface area is 133 Å². The Kier molecular flexibility index (Phi) is 3.18. The Balaban J connectivity index is 2.03. The standard InChI is InChI=1S/C19H17FN2O/c1-12-9-14-11-17-19(23)21-7-2-8-22(17)18(14)16(10-12)13-3-5-15(20)6-4-13/h3-6,9-11H,2,7-8H2,1H3,(H,21,23). The van der Waals surface area contributed by atoms with Gasteiger partial charge >= 0.3 is 0 Å². The minimum atomic E-state index is -0.244. The summed E-state index contributed by atoms with van der Waals surface area (Å²) < 4.78 is 15.3. The fraction of sp³-hybridized carbons (Fsp3) is 0.211. The summed E-state index contributed by atoms with van der Waals surface area (Å²) in [4.78, 5) is 12.3. The zero-order chi connectivity index (χ0) is 16.0. The van der Waals surface area contributed by atoms with E-state index in [2.05, 4.69) is 22.0 Å². The molecule has 2 aromatic carbocycles. The normalized spacial score (nSPS) is 14.4. The summed E-state index contributed by atoms with van der Waals surface area (Å²) in [5.74, 6) is -0.271. The number of carbonyl (C=O) groups excluding carboxylic acids is 1. The van der Waals surface area contributed by atoms with Crippen molar-refractivity contribution in [2.24, 2.45) is 0 Å². The van der Waals surface area contributed by atoms with E-state index in [1.165, 1.54) is 12.1 Å². The molecule has 0 bridgehead atoms. The molecule has 0 fully saturated rings. The van der Waals surface area contributed by atoms with Crippen LogP contribution >= 0.6 is 0 Å². The van der Waals surface area contributed by atoms with Crippen LogP contribution in [0.15, 0.2) is 42.5 Å². The number of amides is 1. The second-order valence-electron chi connectivity index (χ2n) is 6.05. The first-order chi connectivity index (χ1) is 11.1. The second kappa shape index (κ2) is 5.23. The molecule has 2 heterocycles. The summed E-state index contributed by atoms with van der Waals surface area (Å²) in [7, 11) is 0. The van der Waals surface area contributed by atoms with Crippen molar-refractivity contribution in [1.82, 2.24) is 9.88 Å². The molecule has 3 nitrogen and oxygen atoms in total. The number of benzene rings is 2. The van der Waals surface area contributed by atoms with Gasteiger partial charge in [-0.05, 0) is 54.8 Å². The fourth-order valence-electron chi connectivity index (χ4n) is 3.36. The van der Waals surface area contributed by atoms with Crippen LogP contribution in [-0.4, -0.2) is 17.0 Å². The summed E-state index contributed by atoms with van der Waals surface area (Å²) in [5, 5.41) is 3.99. The Bertz CT molecular complexity index is 909. The third-order valence-corrected chi connectivity index (χ3v) is 4.37. The molecule has 3 aromatic rings. The molecule has 0 aliphatic carbocycles. The SMILES string of the molecule is Cc1cc(-c2ccc(F)cc2)c2c(c1)cc1n2CCCNC1=O. The average molecular weight is 308 g/mol. The average Bonchev–Trinajstić information content (AvgIpc) is 2.80. The van der Waals surface area contributed by atoms with Crippen LogP contribution in [0.5, 0.6) is 0 Å². The minimum absolute atomic E-state index is 0.0265. The van der Waals surface area contributed by atoms with E-state index in [4.69, 9.17) is 0 Å². The van der Waals surface area contributed by atoms with Crippen molar-refractivity contribution in [3.05, 3.63) is 59.5 Å². The van der Waals surface area contributed by atoms with Crippen LogP contribution in [0, 0.1) is 12.7 Å². The van der Waals surface area contributed by atoms with E-state index in [9.17, 15) is 9.18 Å². The van der Waals surface area contributed by atoms with Crippen LogP contribution < -0.4 is 5.32 Å². The number of aryl methyl sites for hydroxylation is 2. The van der Waals surface area contributed by atoms with E-state index >= 15 is 0 Å². The number of halogens is 1. The molecule has 0 saturated carbocycles. The zero-order valence-corrected chi connectivity index (χ0v) is 12.9.